The highest BCUT2D eigenvalue weighted by Crippen LogP contribution is 2.29. The molecule has 4 rings (SSSR count). The van der Waals surface area contributed by atoms with Crippen LogP contribution in [0.3, 0.4) is 0 Å². The van der Waals surface area contributed by atoms with Gasteiger partial charge in [-0.15, -0.1) is 10.2 Å². The third-order valence-corrected chi connectivity index (χ3v) is 7.56. The van der Waals surface area contributed by atoms with E-state index in [1.165, 1.54) is 23.4 Å². The monoisotopic (exact) mass is 539 g/mol. The number of benzene rings is 3. The molecule has 1 heterocycles. The summed E-state index contributed by atoms with van der Waals surface area (Å²) >= 11 is 1.42. The second kappa shape index (κ2) is 13.6. The summed E-state index contributed by atoms with van der Waals surface area (Å²) < 4.78 is 2.01. The van der Waals surface area contributed by atoms with Gasteiger partial charge in [0.25, 0.3) is 0 Å². The molecule has 0 radical (unpaired) electrons. The molecule has 8 heteroatoms. The van der Waals surface area contributed by atoms with Gasteiger partial charge in [0.2, 0.25) is 11.8 Å². The summed E-state index contributed by atoms with van der Waals surface area (Å²) in [6.07, 6.45) is 4.90. The van der Waals surface area contributed by atoms with Gasteiger partial charge >= 0.3 is 0 Å². The third-order valence-electron chi connectivity index (χ3n) is 6.21. The molecule has 0 aliphatic carbocycles. The molecule has 1 unspecified atom stereocenters. The molecule has 4 aromatic rings. The number of amides is 2. The van der Waals surface area contributed by atoms with Crippen LogP contribution in [-0.4, -0.2) is 31.8 Å². The van der Waals surface area contributed by atoms with Gasteiger partial charge in [0.05, 0.1) is 5.25 Å². The molecule has 2 amide bonds. The molecule has 0 aliphatic rings. The van der Waals surface area contributed by atoms with E-state index in [1.54, 1.807) is 6.08 Å². The van der Waals surface area contributed by atoms with Crippen molar-refractivity contribution in [2.75, 3.05) is 10.6 Å². The molecular formula is C31H33N5O2S. The number of hydrogen-bond donors (Lipinski definition) is 2. The van der Waals surface area contributed by atoms with Crippen LogP contribution >= 0.6 is 11.8 Å². The molecule has 1 aromatic heterocycles. The molecule has 7 nitrogen and oxygen atoms in total. The van der Waals surface area contributed by atoms with Crippen molar-refractivity contribution in [3.8, 4) is 11.4 Å². The molecule has 0 saturated carbocycles. The Hall–Kier alpha value is -4.17. The number of hydrogen-bond acceptors (Lipinski definition) is 5. The van der Waals surface area contributed by atoms with Crippen LogP contribution in [0.2, 0.25) is 0 Å². The lowest BCUT2D eigenvalue weighted by Gasteiger charge is -2.15. The van der Waals surface area contributed by atoms with E-state index in [-0.39, 0.29) is 17.1 Å². The molecule has 0 spiro atoms. The van der Waals surface area contributed by atoms with Gasteiger partial charge in [-0.25, -0.2) is 0 Å². The van der Waals surface area contributed by atoms with Crippen molar-refractivity contribution in [2.45, 2.75) is 50.6 Å². The maximum absolute atomic E-state index is 13.0. The molecular weight excluding hydrogens is 506 g/mol. The fourth-order valence-corrected chi connectivity index (χ4v) is 5.01. The minimum absolute atomic E-state index is 0.0552. The van der Waals surface area contributed by atoms with Gasteiger partial charge in [0.15, 0.2) is 11.0 Å². The van der Waals surface area contributed by atoms with E-state index < -0.39 is 0 Å². The van der Waals surface area contributed by atoms with E-state index >= 15 is 0 Å². The van der Waals surface area contributed by atoms with Crippen molar-refractivity contribution in [3.05, 3.63) is 96.1 Å². The zero-order chi connectivity index (χ0) is 27.6. The van der Waals surface area contributed by atoms with Crippen LogP contribution in [-0.2, 0) is 22.6 Å². The van der Waals surface area contributed by atoms with E-state index in [9.17, 15) is 9.59 Å². The zero-order valence-corrected chi connectivity index (χ0v) is 23.2. The van der Waals surface area contributed by atoms with E-state index in [4.69, 9.17) is 0 Å². The topological polar surface area (TPSA) is 88.9 Å². The number of carbonyl (C=O) groups excluding carboxylic acids is 2. The number of carbonyl (C=O) groups is 2. The van der Waals surface area contributed by atoms with Gasteiger partial charge in [-0.3, -0.25) is 9.59 Å². The summed E-state index contributed by atoms with van der Waals surface area (Å²) in [5.74, 6) is 0.458. The summed E-state index contributed by atoms with van der Waals surface area (Å²) in [6, 6.07) is 25.1. The summed E-state index contributed by atoms with van der Waals surface area (Å²) in [5, 5.41) is 15.1. The lowest BCUT2D eigenvalue weighted by molar-refractivity contribution is -0.115. The number of anilines is 2. The third kappa shape index (κ3) is 7.45. The predicted molar refractivity (Wildman–Crippen MR) is 160 cm³/mol. The summed E-state index contributed by atoms with van der Waals surface area (Å²) in [5.41, 5.74) is 4.55. The largest absolute Gasteiger partial charge is 0.325 e. The first-order chi connectivity index (χ1) is 19.0. The van der Waals surface area contributed by atoms with Crippen LogP contribution in [0.5, 0.6) is 0 Å². The Morgan fingerprint density at radius 1 is 0.872 bits per heavy atom. The Balaban J connectivity index is 1.41. The second-order valence-electron chi connectivity index (χ2n) is 8.92. The van der Waals surface area contributed by atoms with Crippen molar-refractivity contribution < 1.29 is 9.59 Å². The van der Waals surface area contributed by atoms with Crippen molar-refractivity contribution in [1.82, 2.24) is 14.8 Å². The lowest BCUT2D eigenvalue weighted by Crippen LogP contribution is -2.25. The molecule has 1 atom stereocenters. The molecule has 0 bridgehead atoms. The standard InChI is InChI=1S/C31H33N5O2S/c1-4-22-12-17-26(18-13-22)33-30(38)27(5-2)39-31-35-34-29(36(31)6-3)24-15-19-25(20-16-24)32-28(37)21-14-23-10-8-7-9-11-23/h7-21,27H,4-6H2,1-3H3,(H,32,37)(H,33,38). The summed E-state index contributed by atoms with van der Waals surface area (Å²) in [7, 11) is 0. The highest BCUT2D eigenvalue weighted by Gasteiger charge is 2.23. The Kier molecular flexibility index (Phi) is 9.69. The van der Waals surface area contributed by atoms with E-state index in [0.717, 1.165) is 23.2 Å². The number of thioether (sulfide) groups is 1. The molecule has 39 heavy (non-hydrogen) atoms. The van der Waals surface area contributed by atoms with Gasteiger partial charge in [0.1, 0.15) is 0 Å². The Morgan fingerprint density at radius 3 is 2.18 bits per heavy atom. The highest BCUT2D eigenvalue weighted by molar-refractivity contribution is 8.00. The number of nitrogens with zero attached hydrogens (tertiary/aromatic N) is 3. The zero-order valence-electron chi connectivity index (χ0n) is 22.4. The normalized spacial score (nSPS) is 11.9. The van der Waals surface area contributed by atoms with Crippen LogP contribution in [0.1, 0.15) is 38.3 Å². The number of aryl methyl sites for hydroxylation is 1. The Labute approximate surface area is 233 Å². The number of aromatic nitrogens is 3. The average molecular weight is 540 g/mol. The van der Waals surface area contributed by atoms with Crippen molar-refractivity contribution in [1.29, 1.82) is 0 Å². The molecule has 2 N–H and O–H groups in total. The van der Waals surface area contributed by atoms with Crippen LogP contribution < -0.4 is 10.6 Å². The van der Waals surface area contributed by atoms with Crippen molar-refractivity contribution >= 4 is 41.0 Å². The molecule has 0 aliphatic heterocycles. The number of nitrogens with one attached hydrogen (secondary N) is 2. The maximum Gasteiger partial charge on any atom is 0.248 e. The molecule has 3 aromatic carbocycles. The van der Waals surface area contributed by atoms with E-state index in [0.29, 0.717) is 29.6 Å². The smallest absolute Gasteiger partial charge is 0.248 e. The average Bonchev–Trinajstić information content (AvgIpc) is 3.38. The second-order valence-corrected chi connectivity index (χ2v) is 10.1. The Morgan fingerprint density at radius 2 is 1.54 bits per heavy atom. The van der Waals surface area contributed by atoms with E-state index in [2.05, 4.69) is 27.8 Å². The van der Waals surface area contributed by atoms with Crippen molar-refractivity contribution in [2.24, 2.45) is 0 Å². The quantitative estimate of drug-likeness (QED) is 0.164. The minimum Gasteiger partial charge on any atom is -0.325 e. The first kappa shape index (κ1) is 27.9. The van der Waals surface area contributed by atoms with Gasteiger partial charge in [0, 0.05) is 29.6 Å². The number of rotatable bonds is 11. The van der Waals surface area contributed by atoms with E-state index in [1.807, 2.05) is 97.3 Å². The van der Waals surface area contributed by atoms with Gasteiger partial charge < -0.3 is 15.2 Å². The molecule has 200 valence electrons. The highest BCUT2D eigenvalue weighted by atomic mass is 32.2. The summed E-state index contributed by atoms with van der Waals surface area (Å²) in [4.78, 5) is 25.3. The maximum atomic E-state index is 13.0. The van der Waals surface area contributed by atoms with Gasteiger partial charge in [-0.2, -0.15) is 0 Å². The minimum atomic E-state index is -0.306. The van der Waals surface area contributed by atoms with Gasteiger partial charge in [-0.1, -0.05) is 68.1 Å². The van der Waals surface area contributed by atoms with Crippen LogP contribution in [0.4, 0.5) is 11.4 Å². The van der Waals surface area contributed by atoms with Crippen molar-refractivity contribution in [3.63, 3.8) is 0 Å². The first-order valence-electron chi connectivity index (χ1n) is 13.1. The fraction of sp³-hybridized carbons (Fsp3) is 0.226. The SMILES string of the molecule is CCc1ccc(NC(=O)C(CC)Sc2nnc(-c3ccc(NC(=O)C=Cc4ccccc4)cc3)n2CC)cc1. The van der Waals surface area contributed by atoms with Crippen LogP contribution in [0, 0.1) is 0 Å². The first-order valence-corrected chi connectivity index (χ1v) is 14.0. The predicted octanol–water partition coefficient (Wildman–Crippen LogP) is 6.69. The van der Waals surface area contributed by atoms with Crippen LogP contribution in [0.25, 0.3) is 17.5 Å². The summed E-state index contributed by atoms with van der Waals surface area (Å²) in [6.45, 7) is 6.78. The van der Waals surface area contributed by atoms with Gasteiger partial charge in [-0.05, 0) is 73.4 Å². The Bertz CT molecular complexity index is 1410. The fourth-order valence-electron chi connectivity index (χ4n) is 3.99. The molecule has 0 saturated heterocycles. The molecule has 0 fully saturated rings. The lowest BCUT2D eigenvalue weighted by atomic mass is 10.1. The van der Waals surface area contributed by atoms with Crippen LogP contribution in [0.15, 0.2) is 90.1 Å².